The number of sulfone groups is 1. The zero-order valence-electron chi connectivity index (χ0n) is 9.52. The van der Waals surface area contributed by atoms with Crippen LogP contribution in [0.2, 0.25) is 0 Å². The van der Waals surface area contributed by atoms with E-state index in [4.69, 9.17) is 0 Å². The number of rotatable bonds is 1. The molecule has 0 bridgehead atoms. The van der Waals surface area contributed by atoms with Crippen LogP contribution in [-0.4, -0.2) is 31.5 Å². The van der Waals surface area contributed by atoms with E-state index in [9.17, 15) is 8.42 Å². The molecule has 1 aromatic heterocycles. The van der Waals surface area contributed by atoms with Crippen LogP contribution >= 0.6 is 0 Å². The minimum absolute atomic E-state index is 0.0861. The molecule has 1 fully saturated rings. The molecule has 0 spiro atoms. The summed E-state index contributed by atoms with van der Waals surface area (Å²) < 4.78 is 23.0. The standard InChI is InChI=1S/C11H15N3O2S/c15-17(16)6-9-5-13-11(14-10(9)7-17)8-1-3-12-4-2-8/h5,8,12H,1-4,6-7H2. The van der Waals surface area contributed by atoms with Crippen molar-refractivity contribution in [2.24, 2.45) is 0 Å². The molecule has 3 rings (SSSR count). The fourth-order valence-corrected chi connectivity index (χ4v) is 3.96. The van der Waals surface area contributed by atoms with Crippen LogP contribution in [0.5, 0.6) is 0 Å². The van der Waals surface area contributed by atoms with Crippen LogP contribution in [0.4, 0.5) is 0 Å². The summed E-state index contributed by atoms with van der Waals surface area (Å²) in [6.45, 7) is 1.98. The fourth-order valence-electron chi connectivity index (χ4n) is 2.48. The molecular weight excluding hydrogens is 238 g/mol. The van der Waals surface area contributed by atoms with Crippen LogP contribution in [0.15, 0.2) is 6.20 Å². The lowest BCUT2D eigenvalue weighted by molar-refractivity contribution is 0.444. The van der Waals surface area contributed by atoms with Gasteiger partial charge in [-0.1, -0.05) is 0 Å². The quantitative estimate of drug-likeness (QED) is 0.783. The summed E-state index contributed by atoms with van der Waals surface area (Å²) in [5.74, 6) is 1.39. The average Bonchev–Trinajstić information content (AvgIpc) is 2.63. The summed E-state index contributed by atoms with van der Waals surface area (Å²) in [5, 5.41) is 3.30. The summed E-state index contributed by atoms with van der Waals surface area (Å²) in [6, 6.07) is 0. The molecule has 0 atom stereocenters. The van der Waals surface area contributed by atoms with Crippen LogP contribution < -0.4 is 5.32 Å². The Hall–Kier alpha value is -1.01. The second-order valence-corrected chi connectivity index (χ2v) is 6.82. The summed E-state index contributed by atoms with van der Waals surface area (Å²) in [5.41, 5.74) is 1.50. The van der Waals surface area contributed by atoms with Gasteiger partial charge in [-0.3, -0.25) is 0 Å². The van der Waals surface area contributed by atoms with Crippen molar-refractivity contribution < 1.29 is 8.42 Å². The Morgan fingerprint density at radius 3 is 2.76 bits per heavy atom. The van der Waals surface area contributed by atoms with Gasteiger partial charge in [0.1, 0.15) is 5.82 Å². The van der Waals surface area contributed by atoms with E-state index in [1.807, 2.05) is 0 Å². The SMILES string of the molecule is O=S1(=O)Cc2cnc(C3CCNCC3)nc2C1. The van der Waals surface area contributed by atoms with Gasteiger partial charge >= 0.3 is 0 Å². The predicted molar refractivity (Wildman–Crippen MR) is 63.2 cm³/mol. The van der Waals surface area contributed by atoms with E-state index in [2.05, 4.69) is 15.3 Å². The zero-order chi connectivity index (χ0) is 11.9. The molecule has 1 saturated heterocycles. The maximum atomic E-state index is 11.5. The van der Waals surface area contributed by atoms with Gasteiger partial charge in [0.05, 0.1) is 17.2 Å². The van der Waals surface area contributed by atoms with E-state index in [0.717, 1.165) is 37.3 Å². The lowest BCUT2D eigenvalue weighted by Gasteiger charge is -2.21. The van der Waals surface area contributed by atoms with Gasteiger partial charge in [-0.05, 0) is 25.9 Å². The molecular formula is C11H15N3O2S. The molecule has 1 N–H and O–H groups in total. The van der Waals surface area contributed by atoms with Crippen LogP contribution in [0, 0.1) is 0 Å². The van der Waals surface area contributed by atoms with Crippen molar-refractivity contribution in [2.75, 3.05) is 13.1 Å². The van der Waals surface area contributed by atoms with E-state index in [1.54, 1.807) is 6.20 Å². The van der Waals surface area contributed by atoms with Gasteiger partial charge in [-0.2, -0.15) is 0 Å². The third-order valence-corrected chi connectivity index (χ3v) is 4.87. The van der Waals surface area contributed by atoms with Gasteiger partial charge in [-0.25, -0.2) is 18.4 Å². The van der Waals surface area contributed by atoms with Crippen molar-refractivity contribution in [3.05, 3.63) is 23.3 Å². The summed E-state index contributed by atoms with van der Waals surface area (Å²) in [6.07, 6.45) is 3.77. The molecule has 2 aliphatic rings. The topological polar surface area (TPSA) is 72.0 Å². The van der Waals surface area contributed by atoms with Crippen LogP contribution in [-0.2, 0) is 21.3 Å². The Morgan fingerprint density at radius 1 is 1.24 bits per heavy atom. The van der Waals surface area contributed by atoms with Crippen LogP contribution in [0.1, 0.15) is 35.8 Å². The zero-order valence-corrected chi connectivity index (χ0v) is 10.3. The normalized spacial score (nSPS) is 23.5. The van der Waals surface area contributed by atoms with Crippen LogP contribution in [0.3, 0.4) is 0 Å². The van der Waals surface area contributed by atoms with Crippen molar-refractivity contribution in [2.45, 2.75) is 30.3 Å². The summed E-state index contributed by atoms with van der Waals surface area (Å²) in [7, 11) is -2.97. The van der Waals surface area contributed by atoms with E-state index < -0.39 is 9.84 Å². The third-order valence-electron chi connectivity index (χ3n) is 3.41. The van der Waals surface area contributed by atoms with Crippen molar-refractivity contribution in [3.8, 4) is 0 Å². The molecule has 17 heavy (non-hydrogen) atoms. The molecule has 0 aliphatic carbocycles. The summed E-state index contributed by atoms with van der Waals surface area (Å²) in [4.78, 5) is 8.79. The molecule has 92 valence electrons. The van der Waals surface area contributed by atoms with Crippen molar-refractivity contribution in [1.82, 2.24) is 15.3 Å². The molecule has 0 saturated carbocycles. The molecule has 1 aromatic rings. The monoisotopic (exact) mass is 253 g/mol. The van der Waals surface area contributed by atoms with Crippen molar-refractivity contribution in [3.63, 3.8) is 0 Å². The molecule has 5 nitrogen and oxygen atoms in total. The van der Waals surface area contributed by atoms with Crippen molar-refractivity contribution in [1.29, 1.82) is 0 Å². The van der Waals surface area contributed by atoms with E-state index in [1.165, 1.54) is 0 Å². The maximum absolute atomic E-state index is 11.5. The number of aromatic nitrogens is 2. The minimum atomic E-state index is -2.97. The van der Waals surface area contributed by atoms with E-state index in [0.29, 0.717) is 11.6 Å². The lowest BCUT2D eigenvalue weighted by Crippen LogP contribution is -2.27. The Balaban J connectivity index is 1.90. The highest BCUT2D eigenvalue weighted by Crippen LogP contribution is 2.27. The molecule has 0 radical (unpaired) electrons. The highest BCUT2D eigenvalue weighted by atomic mass is 32.2. The number of hydrogen-bond donors (Lipinski definition) is 1. The molecule has 0 aromatic carbocycles. The minimum Gasteiger partial charge on any atom is -0.317 e. The van der Waals surface area contributed by atoms with Gasteiger partial charge in [-0.15, -0.1) is 0 Å². The third kappa shape index (κ3) is 2.19. The van der Waals surface area contributed by atoms with Gasteiger partial charge in [0.2, 0.25) is 0 Å². The Kier molecular flexibility index (Phi) is 2.63. The average molecular weight is 253 g/mol. The molecule has 0 unspecified atom stereocenters. The van der Waals surface area contributed by atoms with Gasteiger partial charge in [0, 0.05) is 17.7 Å². The molecule has 0 amide bonds. The number of fused-ring (bicyclic) bond motifs is 1. The Morgan fingerprint density at radius 2 is 2.00 bits per heavy atom. The van der Waals surface area contributed by atoms with E-state index >= 15 is 0 Å². The first-order valence-corrected chi connectivity index (χ1v) is 7.72. The van der Waals surface area contributed by atoms with Gasteiger partial charge in [0.25, 0.3) is 0 Å². The first-order valence-electron chi connectivity index (χ1n) is 5.90. The van der Waals surface area contributed by atoms with Crippen molar-refractivity contribution >= 4 is 9.84 Å². The largest absolute Gasteiger partial charge is 0.317 e. The number of piperidine rings is 1. The smallest absolute Gasteiger partial charge is 0.160 e. The highest BCUT2D eigenvalue weighted by Gasteiger charge is 2.28. The van der Waals surface area contributed by atoms with Crippen LogP contribution in [0.25, 0.3) is 0 Å². The Bertz CT molecular complexity index is 536. The molecule has 6 heteroatoms. The number of nitrogens with one attached hydrogen (secondary N) is 1. The van der Waals surface area contributed by atoms with Gasteiger partial charge < -0.3 is 5.32 Å². The fraction of sp³-hybridized carbons (Fsp3) is 0.636. The Labute approximate surface area is 101 Å². The first kappa shape index (κ1) is 11.1. The highest BCUT2D eigenvalue weighted by molar-refractivity contribution is 7.90. The lowest BCUT2D eigenvalue weighted by atomic mass is 9.97. The molecule has 2 aliphatic heterocycles. The second-order valence-electron chi connectivity index (χ2n) is 4.76. The number of hydrogen-bond acceptors (Lipinski definition) is 5. The predicted octanol–water partition coefficient (Wildman–Crippen LogP) is 0.372. The second kappa shape index (κ2) is 4.03. The molecule has 3 heterocycles. The first-order chi connectivity index (χ1) is 8.14. The van der Waals surface area contributed by atoms with E-state index in [-0.39, 0.29) is 11.5 Å². The summed E-state index contributed by atoms with van der Waals surface area (Å²) >= 11 is 0. The van der Waals surface area contributed by atoms with Gasteiger partial charge in [0.15, 0.2) is 9.84 Å². The maximum Gasteiger partial charge on any atom is 0.160 e. The number of nitrogens with zero attached hydrogens (tertiary/aromatic N) is 2.